The van der Waals surface area contributed by atoms with Gasteiger partial charge in [0, 0.05) is 21.2 Å². The molecule has 0 radical (unpaired) electrons. The van der Waals surface area contributed by atoms with Gasteiger partial charge >= 0.3 is 0 Å². The van der Waals surface area contributed by atoms with Crippen molar-refractivity contribution in [3.63, 3.8) is 0 Å². The van der Waals surface area contributed by atoms with Crippen LogP contribution in [0.25, 0.3) is 0 Å². The van der Waals surface area contributed by atoms with Gasteiger partial charge in [-0.1, -0.05) is 28.1 Å². The van der Waals surface area contributed by atoms with E-state index in [0.717, 1.165) is 33.0 Å². The largest absolute Gasteiger partial charge is 0.344 e. The molecule has 1 heterocycles. The summed E-state index contributed by atoms with van der Waals surface area (Å²) in [7, 11) is 0. The summed E-state index contributed by atoms with van der Waals surface area (Å²) in [5, 5.41) is 3.07. The van der Waals surface area contributed by atoms with Crippen LogP contribution in [0.15, 0.2) is 45.5 Å². The number of benzene rings is 1. The van der Waals surface area contributed by atoms with E-state index in [9.17, 15) is 4.79 Å². The number of nitrogens with one attached hydrogen (secondary N) is 1. The Labute approximate surface area is 141 Å². The normalized spacial score (nSPS) is 15.8. The van der Waals surface area contributed by atoms with Crippen LogP contribution in [0, 0.1) is 0 Å². The monoisotopic (exact) mass is 410 g/mol. The van der Waals surface area contributed by atoms with Gasteiger partial charge in [0.1, 0.15) is 5.69 Å². The number of nitrogens with zero attached hydrogens (tertiary/aromatic N) is 1. The first-order valence-corrected chi connectivity index (χ1v) is 8.57. The standard InChI is InChI=1S/C16H16Br2N2O/c1-10(11-2-4-12(17)5-3-11)19-16(21)15-8-13(18)9-20(15)14-6-7-14/h2-5,8-10,14H,6-7H2,1H3,(H,19,21). The van der Waals surface area contributed by atoms with Crippen molar-refractivity contribution < 1.29 is 4.79 Å². The first kappa shape index (κ1) is 14.9. The first-order chi connectivity index (χ1) is 10.0. The van der Waals surface area contributed by atoms with E-state index in [1.54, 1.807) is 0 Å². The molecule has 1 aliphatic rings. The minimum absolute atomic E-state index is 0.0214. The van der Waals surface area contributed by atoms with Crippen LogP contribution in [0.2, 0.25) is 0 Å². The van der Waals surface area contributed by atoms with E-state index in [4.69, 9.17) is 0 Å². The van der Waals surface area contributed by atoms with Gasteiger partial charge in [0.05, 0.1) is 6.04 Å². The van der Waals surface area contributed by atoms with E-state index in [2.05, 4.69) is 41.7 Å². The molecule has 1 N–H and O–H groups in total. The van der Waals surface area contributed by atoms with Gasteiger partial charge in [0.15, 0.2) is 0 Å². The maximum Gasteiger partial charge on any atom is 0.268 e. The molecule has 2 aromatic rings. The SMILES string of the molecule is CC(NC(=O)c1cc(Br)cn1C1CC1)c1ccc(Br)cc1. The maximum absolute atomic E-state index is 12.5. The first-order valence-electron chi connectivity index (χ1n) is 6.98. The van der Waals surface area contributed by atoms with Gasteiger partial charge in [-0.2, -0.15) is 0 Å². The highest BCUT2D eigenvalue weighted by Gasteiger charge is 2.28. The number of rotatable bonds is 4. The number of hydrogen-bond donors (Lipinski definition) is 1. The lowest BCUT2D eigenvalue weighted by atomic mass is 10.1. The molecule has 0 aliphatic heterocycles. The lowest BCUT2D eigenvalue weighted by molar-refractivity contribution is 0.0930. The summed E-state index contributed by atoms with van der Waals surface area (Å²) < 4.78 is 4.07. The van der Waals surface area contributed by atoms with E-state index in [1.807, 2.05) is 43.5 Å². The quantitative estimate of drug-likeness (QED) is 0.767. The summed E-state index contributed by atoms with van der Waals surface area (Å²) in [5.74, 6) is -0.0250. The van der Waals surface area contributed by atoms with Gasteiger partial charge in [0.25, 0.3) is 5.91 Å². The lowest BCUT2D eigenvalue weighted by Gasteiger charge is -2.15. The number of carbonyl (C=O) groups is 1. The number of amides is 1. The average Bonchev–Trinajstić information content (AvgIpc) is 3.22. The fourth-order valence-electron chi connectivity index (χ4n) is 2.39. The molecule has 0 spiro atoms. The van der Waals surface area contributed by atoms with Crippen LogP contribution in [0.3, 0.4) is 0 Å². The molecular weight excluding hydrogens is 396 g/mol. The fraction of sp³-hybridized carbons (Fsp3) is 0.312. The van der Waals surface area contributed by atoms with Crippen LogP contribution < -0.4 is 5.32 Å². The zero-order valence-corrected chi connectivity index (χ0v) is 14.8. The number of aromatic nitrogens is 1. The number of halogens is 2. The summed E-state index contributed by atoms with van der Waals surface area (Å²) in [6.07, 6.45) is 4.31. The third-order valence-electron chi connectivity index (χ3n) is 3.71. The van der Waals surface area contributed by atoms with E-state index >= 15 is 0 Å². The van der Waals surface area contributed by atoms with Crippen LogP contribution in [0.5, 0.6) is 0 Å². The molecule has 110 valence electrons. The minimum atomic E-state index is -0.0250. The molecule has 3 rings (SSSR count). The fourth-order valence-corrected chi connectivity index (χ4v) is 3.09. The molecule has 21 heavy (non-hydrogen) atoms. The predicted molar refractivity (Wildman–Crippen MR) is 90.4 cm³/mol. The highest BCUT2D eigenvalue weighted by atomic mass is 79.9. The molecule has 1 saturated carbocycles. The van der Waals surface area contributed by atoms with Crippen molar-refractivity contribution in [3.05, 3.63) is 56.7 Å². The summed E-state index contributed by atoms with van der Waals surface area (Å²) in [4.78, 5) is 12.5. The third kappa shape index (κ3) is 3.40. The average molecular weight is 412 g/mol. The van der Waals surface area contributed by atoms with Gasteiger partial charge in [-0.05, 0) is 59.5 Å². The van der Waals surface area contributed by atoms with Crippen LogP contribution in [-0.2, 0) is 0 Å². The predicted octanol–water partition coefficient (Wildman–Crippen LogP) is 4.84. The Hall–Kier alpha value is -1.07. The van der Waals surface area contributed by atoms with Crippen molar-refractivity contribution in [2.45, 2.75) is 31.8 Å². The van der Waals surface area contributed by atoms with Crippen LogP contribution >= 0.6 is 31.9 Å². The van der Waals surface area contributed by atoms with Crippen molar-refractivity contribution in [1.82, 2.24) is 9.88 Å². The summed E-state index contributed by atoms with van der Waals surface area (Å²) in [6, 6.07) is 10.4. The lowest BCUT2D eigenvalue weighted by Crippen LogP contribution is -2.28. The van der Waals surface area contributed by atoms with E-state index < -0.39 is 0 Å². The highest BCUT2D eigenvalue weighted by molar-refractivity contribution is 9.10. The second-order valence-electron chi connectivity index (χ2n) is 5.43. The Morgan fingerprint density at radius 2 is 1.90 bits per heavy atom. The smallest absolute Gasteiger partial charge is 0.268 e. The summed E-state index contributed by atoms with van der Waals surface area (Å²) >= 11 is 6.88. The topological polar surface area (TPSA) is 34.0 Å². The molecule has 1 aromatic heterocycles. The number of hydrogen-bond acceptors (Lipinski definition) is 1. The van der Waals surface area contributed by atoms with E-state index in [-0.39, 0.29) is 11.9 Å². The minimum Gasteiger partial charge on any atom is -0.344 e. The zero-order chi connectivity index (χ0) is 15.0. The van der Waals surface area contributed by atoms with Crippen LogP contribution in [0.4, 0.5) is 0 Å². The Balaban J connectivity index is 1.75. The molecule has 1 fully saturated rings. The molecule has 1 aromatic carbocycles. The van der Waals surface area contributed by atoms with Gasteiger partial charge in [0.2, 0.25) is 0 Å². The van der Waals surface area contributed by atoms with Gasteiger partial charge < -0.3 is 9.88 Å². The van der Waals surface area contributed by atoms with Crippen LogP contribution in [-0.4, -0.2) is 10.5 Å². The summed E-state index contributed by atoms with van der Waals surface area (Å²) in [5.41, 5.74) is 1.82. The molecule has 1 atom stereocenters. The third-order valence-corrected chi connectivity index (χ3v) is 4.67. The Bertz CT molecular complexity index is 659. The second-order valence-corrected chi connectivity index (χ2v) is 7.26. The molecule has 1 unspecified atom stereocenters. The van der Waals surface area contributed by atoms with Gasteiger partial charge in [-0.3, -0.25) is 4.79 Å². The molecule has 0 bridgehead atoms. The molecular formula is C16H16Br2N2O. The van der Waals surface area contributed by atoms with E-state index in [0.29, 0.717) is 6.04 Å². The summed E-state index contributed by atoms with van der Waals surface area (Å²) in [6.45, 7) is 2.00. The maximum atomic E-state index is 12.5. The van der Waals surface area contributed by atoms with Crippen LogP contribution in [0.1, 0.15) is 47.9 Å². The highest BCUT2D eigenvalue weighted by Crippen LogP contribution is 2.37. The molecule has 0 saturated heterocycles. The zero-order valence-electron chi connectivity index (χ0n) is 11.6. The second kappa shape index (κ2) is 5.97. The number of carbonyl (C=O) groups excluding carboxylic acids is 1. The van der Waals surface area contributed by atoms with Gasteiger partial charge in [-0.15, -0.1) is 0 Å². The molecule has 5 heteroatoms. The Morgan fingerprint density at radius 3 is 2.52 bits per heavy atom. The molecule has 1 amide bonds. The molecule has 3 nitrogen and oxygen atoms in total. The van der Waals surface area contributed by atoms with Crippen molar-refractivity contribution in [3.8, 4) is 0 Å². The Kier molecular flexibility index (Phi) is 4.22. The van der Waals surface area contributed by atoms with Crippen molar-refractivity contribution in [1.29, 1.82) is 0 Å². The van der Waals surface area contributed by atoms with Gasteiger partial charge in [-0.25, -0.2) is 0 Å². The molecule has 1 aliphatic carbocycles. The van der Waals surface area contributed by atoms with Crippen molar-refractivity contribution >= 4 is 37.8 Å². The van der Waals surface area contributed by atoms with Crippen molar-refractivity contribution in [2.75, 3.05) is 0 Å². The van der Waals surface area contributed by atoms with Crippen molar-refractivity contribution in [2.24, 2.45) is 0 Å². The Morgan fingerprint density at radius 1 is 1.24 bits per heavy atom. The van der Waals surface area contributed by atoms with E-state index in [1.165, 1.54) is 0 Å².